The van der Waals surface area contributed by atoms with Crippen LogP contribution in [-0.2, 0) is 11.2 Å². The minimum atomic E-state index is 0.00133. The van der Waals surface area contributed by atoms with Gasteiger partial charge in [0.25, 0.3) is 0 Å². The molecule has 0 aliphatic rings. The Labute approximate surface area is 221 Å². The van der Waals surface area contributed by atoms with Crippen molar-refractivity contribution in [3.05, 3.63) is 95.9 Å². The van der Waals surface area contributed by atoms with Gasteiger partial charge in [-0.1, -0.05) is 44.2 Å². The van der Waals surface area contributed by atoms with Crippen LogP contribution in [0.4, 0.5) is 11.4 Å². The Kier molecular flexibility index (Phi) is 7.00. The predicted molar refractivity (Wildman–Crippen MR) is 154 cm³/mol. The van der Waals surface area contributed by atoms with Gasteiger partial charge in [-0.25, -0.2) is 4.98 Å². The number of pyridine rings is 1. The number of para-hydroxylation sites is 1. The minimum absolute atomic E-state index is 0.00133. The molecule has 0 atom stereocenters. The number of H-pyrrole nitrogens is 1. The molecule has 0 aliphatic heterocycles. The SMILES string of the molecule is CCCC(=O)Nc1cc(CC)cc(-c2ccc(N)c(C(=N)c3nc4c(-c5ccccn5)cccc4[nH]3)c2)c1. The molecule has 0 fully saturated rings. The summed E-state index contributed by atoms with van der Waals surface area (Å²) in [6.45, 7) is 4.07. The second-order valence-corrected chi connectivity index (χ2v) is 9.25. The van der Waals surface area contributed by atoms with Gasteiger partial charge in [0.1, 0.15) is 5.71 Å². The number of carbonyl (C=O) groups excluding carboxylic acids is 1. The number of imidazole rings is 1. The highest BCUT2D eigenvalue weighted by molar-refractivity contribution is 6.14. The fourth-order valence-corrected chi connectivity index (χ4v) is 4.54. The average Bonchev–Trinajstić information content (AvgIpc) is 3.38. The maximum atomic E-state index is 12.2. The van der Waals surface area contributed by atoms with E-state index < -0.39 is 0 Å². The molecule has 0 saturated heterocycles. The first-order chi connectivity index (χ1) is 18.5. The molecule has 0 saturated carbocycles. The molecule has 0 bridgehead atoms. The average molecular weight is 503 g/mol. The molecule has 2 aromatic heterocycles. The van der Waals surface area contributed by atoms with E-state index in [0.717, 1.165) is 57.5 Å². The molecule has 5 N–H and O–H groups in total. The van der Waals surface area contributed by atoms with Crippen molar-refractivity contribution in [2.24, 2.45) is 0 Å². The first kappa shape index (κ1) is 24.9. The van der Waals surface area contributed by atoms with Crippen LogP contribution in [0.2, 0.25) is 0 Å². The number of nitrogens with one attached hydrogen (secondary N) is 3. The number of benzene rings is 3. The Morgan fingerprint density at radius 1 is 1.00 bits per heavy atom. The van der Waals surface area contributed by atoms with Gasteiger partial charge in [0.15, 0.2) is 5.82 Å². The molecular formula is C31H30N6O. The highest BCUT2D eigenvalue weighted by Gasteiger charge is 2.17. The molecule has 5 aromatic rings. The van der Waals surface area contributed by atoms with Gasteiger partial charge in [0, 0.05) is 35.1 Å². The Balaban J connectivity index is 1.52. The third kappa shape index (κ3) is 5.04. The standard InChI is InChI=1S/C31H30N6O/c1-3-8-28(38)35-22-16-19(4-2)15-21(17-22)20-12-13-25(32)24(18-20)29(33)31-36-27-11-7-9-23(30(27)37-31)26-10-5-6-14-34-26/h5-7,9-18,33H,3-4,8,32H2,1-2H3,(H,35,38)(H,36,37). The second kappa shape index (κ2) is 10.7. The number of aromatic amines is 1. The minimum Gasteiger partial charge on any atom is -0.398 e. The van der Waals surface area contributed by atoms with E-state index in [-0.39, 0.29) is 11.6 Å². The number of nitrogens with two attached hydrogens (primary N) is 1. The van der Waals surface area contributed by atoms with E-state index in [1.54, 1.807) is 6.20 Å². The van der Waals surface area contributed by atoms with Crippen molar-refractivity contribution in [1.82, 2.24) is 15.0 Å². The van der Waals surface area contributed by atoms with Crippen LogP contribution in [0.15, 0.2) is 79.0 Å². The van der Waals surface area contributed by atoms with Crippen LogP contribution in [0.3, 0.4) is 0 Å². The molecule has 2 heterocycles. The third-order valence-electron chi connectivity index (χ3n) is 6.51. The Hall–Kier alpha value is -4.78. The van der Waals surface area contributed by atoms with Gasteiger partial charge in [0.2, 0.25) is 5.91 Å². The third-order valence-corrected chi connectivity index (χ3v) is 6.51. The van der Waals surface area contributed by atoms with E-state index in [1.807, 2.05) is 73.7 Å². The molecule has 0 radical (unpaired) electrons. The van der Waals surface area contributed by atoms with Crippen molar-refractivity contribution in [2.45, 2.75) is 33.1 Å². The van der Waals surface area contributed by atoms with E-state index in [2.05, 4.69) is 28.3 Å². The van der Waals surface area contributed by atoms with Crippen LogP contribution in [-0.4, -0.2) is 26.6 Å². The van der Waals surface area contributed by atoms with Crippen molar-refractivity contribution in [3.8, 4) is 22.4 Å². The van der Waals surface area contributed by atoms with E-state index in [9.17, 15) is 4.79 Å². The van der Waals surface area contributed by atoms with E-state index >= 15 is 0 Å². The fourth-order valence-electron chi connectivity index (χ4n) is 4.54. The van der Waals surface area contributed by atoms with Gasteiger partial charge in [0.05, 0.1) is 16.7 Å². The number of aryl methyl sites for hydroxylation is 1. The topological polar surface area (TPSA) is 121 Å². The molecule has 190 valence electrons. The Morgan fingerprint density at radius 3 is 2.63 bits per heavy atom. The van der Waals surface area contributed by atoms with E-state index in [0.29, 0.717) is 23.5 Å². The normalized spacial score (nSPS) is 11.0. The Bertz CT molecular complexity index is 1640. The van der Waals surface area contributed by atoms with Crippen molar-refractivity contribution < 1.29 is 4.79 Å². The summed E-state index contributed by atoms with van der Waals surface area (Å²) in [5, 5.41) is 12.0. The smallest absolute Gasteiger partial charge is 0.224 e. The summed E-state index contributed by atoms with van der Waals surface area (Å²) >= 11 is 0. The molecule has 3 aromatic carbocycles. The van der Waals surface area contributed by atoms with Gasteiger partial charge in [-0.3, -0.25) is 15.2 Å². The summed E-state index contributed by atoms with van der Waals surface area (Å²) in [4.78, 5) is 24.8. The maximum absolute atomic E-state index is 12.2. The van der Waals surface area contributed by atoms with Crippen molar-refractivity contribution >= 4 is 34.0 Å². The van der Waals surface area contributed by atoms with Crippen LogP contribution in [0.25, 0.3) is 33.4 Å². The van der Waals surface area contributed by atoms with Gasteiger partial charge >= 0.3 is 0 Å². The maximum Gasteiger partial charge on any atom is 0.224 e. The molecule has 38 heavy (non-hydrogen) atoms. The van der Waals surface area contributed by atoms with Crippen LogP contribution >= 0.6 is 0 Å². The number of anilines is 2. The number of nitrogen functional groups attached to an aromatic ring is 1. The highest BCUT2D eigenvalue weighted by atomic mass is 16.1. The summed E-state index contributed by atoms with van der Waals surface area (Å²) in [6, 6.07) is 23.4. The molecule has 0 spiro atoms. The molecule has 7 nitrogen and oxygen atoms in total. The van der Waals surface area contributed by atoms with E-state index in [4.69, 9.17) is 16.1 Å². The van der Waals surface area contributed by atoms with Crippen LogP contribution in [0, 0.1) is 5.41 Å². The Morgan fingerprint density at radius 2 is 1.87 bits per heavy atom. The van der Waals surface area contributed by atoms with E-state index in [1.165, 1.54) is 0 Å². The summed E-state index contributed by atoms with van der Waals surface area (Å²) in [7, 11) is 0. The fraction of sp³-hybridized carbons (Fsp3) is 0.161. The van der Waals surface area contributed by atoms with Crippen LogP contribution in [0.1, 0.15) is 43.6 Å². The summed E-state index contributed by atoms with van der Waals surface area (Å²) in [5.74, 6) is 0.434. The number of rotatable bonds is 8. The lowest BCUT2D eigenvalue weighted by molar-refractivity contribution is -0.116. The zero-order valence-corrected chi connectivity index (χ0v) is 21.5. The lowest BCUT2D eigenvalue weighted by Gasteiger charge is -2.13. The van der Waals surface area contributed by atoms with Gasteiger partial charge < -0.3 is 16.0 Å². The second-order valence-electron chi connectivity index (χ2n) is 9.25. The number of hydrogen-bond acceptors (Lipinski definition) is 5. The number of aromatic nitrogens is 3. The molecule has 1 amide bonds. The largest absolute Gasteiger partial charge is 0.398 e. The predicted octanol–water partition coefficient (Wildman–Crippen LogP) is 6.59. The van der Waals surface area contributed by atoms with Crippen molar-refractivity contribution in [1.29, 1.82) is 5.41 Å². The summed E-state index contributed by atoms with van der Waals surface area (Å²) in [5.41, 5.74) is 14.7. The molecular weight excluding hydrogens is 472 g/mol. The number of fused-ring (bicyclic) bond motifs is 1. The van der Waals surface area contributed by atoms with Gasteiger partial charge in [-0.2, -0.15) is 0 Å². The van der Waals surface area contributed by atoms with Gasteiger partial charge in [-0.05, 0) is 72.0 Å². The highest BCUT2D eigenvalue weighted by Crippen LogP contribution is 2.30. The lowest BCUT2D eigenvalue weighted by atomic mass is 9.96. The zero-order chi connectivity index (χ0) is 26.6. The van der Waals surface area contributed by atoms with Crippen molar-refractivity contribution in [3.63, 3.8) is 0 Å². The lowest BCUT2D eigenvalue weighted by Crippen LogP contribution is -2.11. The van der Waals surface area contributed by atoms with Gasteiger partial charge in [-0.15, -0.1) is 0 Å². The molecule has 0 unspecified atom stereocenters. The monoisotopic (exact) mass is 502 g/mol. The molecule has 5 rings (SSSR count). The number of carbonyl (C=O) groups is 1. The quantitative estimate of drug-likeness (QED) is 0.141. The zero-order valence-electron chi connectivity index (χ0n) is 21.5. The summed E-state index contributed by atoms with van der Waals surface area (Å²) in [6.07, 6.45) is 3.86. The number of amides is 1. The van der Waals surface area contributed by atoms with Crippen LogP contribution < -0.4 is 11.1 Å². The van der Waals surface area contributed by atoms with Crippen molar-refractivity contribution in [2.75, 3.05) is 11.1 Å². The first-order valence-corrected chi connectivity index (χ1v) is 12.8. The molecule has 7 heteroatoms. The molecule has 0 aliphatic carbocycles. The number of hydrogen-bond donors (Lipinski definition) is 4. The first-order valence-electron chi connectivity index (χ1n) is 12.8. The number of nitrogens with zero attached hydrogens (tertiary/aromatic N) is 2. The van der Waals surface area contributed by atoms with Crippen LogP contribution in [0.5, 0.6) is 0 Å². The summed E-state index contributed by atoms with van der Waals surface area (Å²) < 4.78 is 0.